The molecule has 0 atom stereocenters. The molecule has 0 bridgehead atoms. The van der Waals surface area contributed by atoms with Crippen LogP contribution in [0.5, 0.6) is 5.75 Å². The van der Waals surface area contributed by atoms with Crippen molar-refractivity contribution >= 4 is 15.7 Å². The second-order valence-electron chi connectivity index (χ2n) is 4.26. The predicted octanol–water partition coefficient (Wildman–Crippen LogP) is 2.09. The van der Waals surface area contributed by atoms with Crippen LogP contribution in [-0.4, -0.2) is 15.5 Å². The zero-order valence-corrected chi connectivity index (χ0v) is 12.2. The average Bonchev–Trinajstić information content (AvgIpc) is 2.49. The third-order valence-corrected chi connectivity index (χ3v) is 4.37. The summed E-state index contributed by atoms with van der Waals surface area (Å²) in [4.78, 5) is 0.0229. The zero-order valence-electron chi connectivity index (χ0n) is 11.3. The Balaban J connectivity index is 2.42. The molecule has 3 N–H and O–H groups in total. The number of nitrogens with one attached hydrogen (secondary N) is 1. The highest BCUT2D eigenvalue weighted by molar-refractivity contribution is 7.92. The molecule has 0 saturated heterocycles. The van der Waals surface area contributed by atoms with E-state index in [-0.39, 0.29) is 17.1 Å². The van der Waals surface area contributed by atoms with Crippen LogP contribution in [0.25, 0.3) is 0 Å². The van der Waals surface area contributed by atoms with Gasteiger partial charge in [-0.25, -0.2) is 12.8 Å². The maximum absolute atomic E-state index is 13.7. The molecule has 0 aliphatic heterocycles. The standard InChI is InChI=1S/C14H15FN2O3S/c1-20-11-6-7-12(15)13(8-11)17-21(18,19)14-5-3-2-4-10(14)9-16/h2-8,17H,9,16H2,1H3. The van der Waals surface area contributed by atoms with Gasteiger partial charge >= 0.3 is 0 Å². The summed E-state index contributed by atoms with van der Waals surface area (Å²) in [5.41, 5.74) is 5.80. The van der Waals surface area contributed by atoms with E-state index in [1.807, 2.05) is 0 Å². The van der Waals surface area contributed by atoms with Crippen molar-refractivity contribution in [1.29, 1.82) is 0 Å². The normalized spacial score (nSPS) is 11.2. The minimum absolute atomic E-state index is 0.0229. The van der Waals surface area contributed by atoms with Crippen molar-refractivity contribution in [3.8, 4) is 5.75 Å². The van der Waals surface area contributed by atoms with Gasteiger partial charge in [0.25, 0.3) is 10.0 Å². The lowest BCUT2D eigenvalue weighted by molar-refractivity contribution is 0.414. The van der Waals surface area contributed by atoms with Gasteiger partial charge in [0.2, 0.25) is 0 Å². The Morgan fingerprint density at radius 1 is 1.24 bits per heavy atom. The average molecular weight is 310 g/mol. The molecule has 0 unspecified atom stereocenters. The molecule has 7 heteroatoms. The van der Waals surface area contributed by atoms with Gasteiger partial charge in [0, 0.05) is 12.6 Å². The zero-order chi connectivity index (χ0) is 15.5. The summed E-state index contributed by atoms with van der Waals surface area (Å²) in [6, 6.07) is 10.1. The molecule has 112 valence electrons. The van der Waals surface area contributed by atoms with Gasteiger partial charge in [-0.3, -0.25) is 4.72 Å². The third kappa shape index (κ3) is 3.32. The molecule has 0 aliphatic rings. The van der Waals surface area contributed by atoms with Crippen LogP contribution >= 0.6 is 0 Å². The molecular weight excluding hydrogens is 295 g/mol. The van der Waals surface area contributed by atoms with Gasteiger partial charge in [-0.15, -0.1) is 0 Å². The van der Waals surface area contributed by atoms with E-state index in [9.17, 15) is 12.8 Å². The molecule has 0 heterocycles. The second-order valence-corrected chi connectivity index (χ2v) is 5.91. The van der Waals surface area contributed by atoms with Crippen molar-refractivity contribution in [2.24, 2.45) is 5.73 Å². The van der Waals surface area contributed by atoms with Crippen LogP contribution in [0, 0.1) is 5.82 Å². The molecule has 0 amide bonds. The first-order chi connectivity index (χ1) is 9.97. The smallest absolute Gasteiger partial charge is 0.262 e. The monoisotopic (exact) mass is 310 g/mol. The number of ether oxygens (including phenoxy) is 1. The van der Waals surface area contributed by atoms with Crippen LogP contribution in [0.15, 0.2) is 47.4 Å². The first-order valence-electron chi connectivity index (χ1n) is 6.12. The predicted molar refractivity (Wildman–Crippen MR) is 78.1 cm³/mol. The van der Waals surface area contributed by atoms with Crippen molar-refractivity contribution < 1.29 is 17.5 Å². The number of nitrogens with two attached hydrogens (primary N) is 1. The Morgan fingerprint density at radius 3 is 2.62 bits per heavy atom. The summed E-state index contributed by atoms with van der Waals surface area (Å²) in [7, 11) is -2.52. The summed E-state index contributed by atoms with van der Waals surface area (Å²) in [6.45, 7) is 0.0671. The van der Waals surface area contributed by atoms with Crippen molar-refractivity contribution in [2.75, 3.05) is 11.8 Å². The van der Waals surface area contributed by atoms with Crippen LogP contribution in [0.2, 0.25) is 0 Å². The summed E-state index contributed by atoms with van der Waals surface area (Å²) in [6.07, 6.45) is 0. The number of halogens is 1. The van der Waals surface area contributed by atoms with Crippen LogP contribution in [-0.2, 0) is 16.6 Å². The molecule has 0 aromatic heterocycles. The number of sulfonamides is 1. The van der Waals surface area contributed by atoms with Crippen LogP contribution in [0.1, 0.15) is 5.56 Å². The van der Waals surface area contributed by atoms with Gasteiger partial charge in [-0.05, 0) is 23.8 Å². The number of hydrogen-bond acceptors (Lipinski definition) is 4. The Kier molecular flexibility index (Phi) is 4.44. The van der Waals surface area contributed by atoms with Crippen LogP contribution < -0.4 is 15.2 Å². The molecular formula is C14H15FN2O3S. The quantitative estimate of drug-likeness (QED) is 0.886. The summed E-state index contributed by atoms with van der Waals surface area (Å²) in [5, 5.41) is 0. The lowest BCUT2D eigenvalue weighted by Crippen LogP contribution is -2.17. The maximum atomic E-state index is 13.7. The van der Waals surface area contributed by atoms with Crippen LogP contribution in [0.3, 0.4) is 0 Å². The Morgan fingerprint density at radius 2 is 1.95 bits per heavy atom. The van der Waals surface area contributed by atoms with E-state index in [0.717, 1.165) is 6.07 Å². The number of rotatable bonds is 5. The van der Waals surface area contributed by atoms with Gasteiger partial charge in [-0.2, -0.15) is 0 Å². The molecule has 2 aromatic carbocycles. The van der Waals surface area contributed by atoms with E-state index in [0.29, 0.717) is 11.3 Å². The summed E-state index contributed by atoms with van der Waals surface area (Å²) >= 11 is 0. The van der Waals surface area contributed by atoms with Gasteiger partial charge in [0.05, 0.1) is 17.7 Å². The fraction of sp³-hybridized carbons (Fsp3) is 0.143. The number of methoxy groups -OCH3 is 1. The lowest BCUT2D eigenvalue weighted by atomic mass is 10.2. The number of anilines is 1. The Hall–Kier alpha value is -2.12. The topological polar surface area (TPSA) is 81.4 Å². The van der Waals surface area contributed by atoms with E-state index < -0.39 is 15.8 Å². The van der Waals surface area contributed by atoms with Gasteiger partial charge in [0.1, 0.15) is 11.6 Å². The SMILES string of the molecule is COc1ccc(F)c(NS(=O)(=O)c2ccccc2CN)c1. The molecule has 0 radical (unpaired) electrons. The van der Waals surface area contributed by atoms with E-state index in [1.54, 1.807) is 18.2 Å². The largest absolute Gasteiger partial charge is 0.497 e. The molecule has 0 spiro atoms. The van der Waals surface area contributed by atoms with Crippen molar-refractivity contribution in [1.82, 2.24) is 0 Å². The van der Waals surface area contributed by atoms with E-state index in [2.05, 4.69) is 4.72 Å². The highest BCUT2D eigenvalue weighted by Gasteiger charge is 2.19. The molecule has 0 aliphatic carbocycles. The Labute approximate surface area is 122 Å². The summed E-state index contributed by atoms with van der Waals surface area (Å²) < 4.78 is 45.6. The van der Waals surface area contributed by atoms with Gasteiger partial charge in [0.15, 0.2) is 0 Å². The fourth-order valence-electron chi connectivity index (χ4n) is 1.84. The second kappa shape index (κ2) is 6.11. The van der Waals surface area contributed by atoms with Crippen LogP contribution in [0.4, 0.5) is 10.1 Å². The van der Waals surface area contributed by atoms with Crippen molar-refractivity contribution in [3.05, 3.63) is 53.8 Å². The van der Waals surface area contributed by atoms with Gasteiger partial charge < -0.3 is 10.5 Å². The van der Waals surface area contributed by atoms with E-state index in [1.165, 1.54) is 25.3 Å². The lowest BCUT2D eigenvalue weighted by Gasteiger charge is -2.12. The fourth-order valence-corrected chi connectivity index (χ4v) is 3.15. The molecule has 2 rings (SSSR count). The molecule has 0 fully saturated rings. The van der Waals surface area contributed by atoms with Gasteiger partial charge in [-0.1, -0.05) is 18.2 Å². The summed E-state index contributed by atoms with van der Waals surface area (Å²) in [5.74, 6) is -0.342. The van der Waals surface area contributed by atoms with E-state index in [4.69, 9.17) is 10.5 Å². The van der Waals surface area contributed by atoms with E-state index >= 15 is 0 Å². The first kappa shape index (κ1) is 15.3. The number of benzene rings is 2. The first-order valence-corrected chi connectivity index (χ1v) is 7.60. The molecule has 21 heavy (non-hydrogen) atoms. The van der Waals surface area contributed by atoms with Crippen molar-refractivity contribution in [3.63, 3.8) is 0 Å². The highest BCUT2D eigenvalue weighted by atomic mass is 32.2. The molecule has 0 saturated carbocycles. The maximum Gasteiger partial charge on any atom is 0.262 e. The minimum atomic E-state index is -3.93. The highest BCUT2D eigenvalue weighted by Crippen LogP contribution is 2.25. The Bertz CT molecular complexity index is 748. The molecule has 2 aromatic rings. The van der Waals surface area contributed by atoms with Crippen molar-refractivity contribution in [2.45, 2.75) is 11.4 Å². The third-order valence-electron chi connectivity index (χ3n) is 2.90. The number of hydrogen-bond donors (Lipinski definition) is 2. The molecule has 5 nitrogen and oxygen atoms in total. The minimum Gasteiger partial charge on any atom is -0.497 e.